The van der Waals surface area contributed by atoms with Crippen molar-refractivity contribution in [3.63, 3.8) is 0 Å². The zero-order chi connectivity index (χ0) is 13.5. The Kier molecular flexibility index (Phi) is 6.03. The van der Waals surface area contributed by atoms with E-state index in [9.17, 15) is 0 Å². The molecular formula is C13H17BrN2O2S. The summed E-state index contributed by atoms with van der Waals surface area (Å²) in [6.45, 7) is 2.92. The minimum absolute atomic E-state index is 0.653. The number of aromatic nitrogens is 1. The smallest absolute Gasteiger partial charge is 0.183 e. The van der Waals surface area contributed by atoms with Gasteiger partial charge >= 0.3 is 0 Å². The topological polar surface area (TPSA) is 43.4 Å². The summed E-state index contributed by atoms with van der Waals surface area (Å²) in [5.74, 6) is 0. The van der Waals surface area contributed by atoms with Crippen molar-refractivity contribution >= 4 is 42.6 Å². The third kappa shape index (κ3) is 4.72. The van der Waals surface area contributed by atoms with Gasteiger partial charge in [-0.2, -0.15) is 0 Å². The van der Waals surface area contributed by atoms with Crippen LogP contribution in [0.1, 0.15) is 6.42 Å². The average molecular weight is 345 g/mol. The van der Waals surface area contributed by atoms with Crippen molar-refractivity contribution in [1.82, 2.24) is 4.98 Å². The third-order valence-corrected chi connectivity index (χ3v) is 3.99. The van der Waals surface area contributed by atoms with Crippen molar-refractivity contribution in [2.75, 3.05) is 38.8 Å². The van der Waals surface area contributed by atoms with Crippen molar-refractivity contribution in [2.24, 2.45) is 0 Å². The van der Waals surface area contributed by atoms with Gasteiger partial charge in [0.25, 0.3) is 0 Å². The van der Waals surface area contributed by atoms with Crippen molar-refractivity contribution in [3.8, 4) is 0 Å². The Morgan fingerprint density at radius 2 is 2.21 bits per heavy atom. The van der Waals surface area contributed by atoms with Gasteiger partial charge in [-0.25, -0.2) is 4.98 Å². The second-order valence-electron chi connectivity index (χ2n) is 4.02. The Morgan fingerprint density at radius 1 is 1.32 bits per heavy atom. The number of halogens is 1. The van der Waals surface area contributed by atoms with Crippen LogP contribution < -0.4 is 5.32 Å². The fraction of sp³-hybridized carbons (Fsp3) is 0.462. The zero-order valence-corrected chi connectivity index (χ0v) is 13.2. The van der Waals surface area contributed by atoms with Crippen LogP contribution in [-0.4, -0.2) is 38.5 Å². The molecule has 0 fully saturated rings. The van der Waals surface area contributed by atoms with Gasteiger partial charge in [-0.05, 0) is 24.6 Å². The lowest BCUT2D eigenvalue weighted by Crippen LogP contribution is -2.08. The molecule has 0 saturated carbocycles. The van der Waals surface area contributed by atoms with Crippen LogP contribution in [0.25, 0.3) is 10.2 Å². The Morgan fingerprint density at radius 3 is 3.05 bits per heavy atom. The predicted molar refractivity (Wildman–Crippen MR) is 83.1 cm³/mol. The van der Waals surface area contributed by atoms with E-state index in [0.29, 0.717) is 13.2 Å². The Bertz CT molecular complexity index is 518. The Labute approximate surface area is 125 Å². The molecule has 0 bridgehead atoms. The van der Waals surface area contributed by atoms with Gasteiger partial charge in [0.05, 0.1) is 23.4 Å². The van der Waals surface area contributed by atoms with Crippen LogP contribution in [0.15, 0.2) is 22.7 Å². The summed E-state index contributed by atoms with van der Waals surface area (Å²) >= 11 is 5.14. The number of hydrogen-bond donors (Lipinski definition) is 1. The first-order valence-corrected chi connectivity index (χ1v) is 7.77. The van der Waals surface area contributed by atoms with E-state index in [0.717, 1.165) is 34.7 Å². The largest absolute Gasteiger partial charge is 0.382 e. The molecule has 1 heterocycles. The highest BCUT2D eigenvalue weighted by molar-refractivity contribution is 9.10. The molecule has 0 aliphatic rings. The minimum atomic E-state index is 0.653. The number of rotatable bonds is 8. The van der Waals surface area contributed by atoms with Gasteiger partial charge in [0.1, 0.15) is 0 Å². The highest BCUT2D eigenvalue weighted by atomic mass is 79.9. The summed E-state index contributed by atoms with van der Waals surface area (Å²) in [5.41, 5.74) is 1.03. The molecule has 1 aromatic carbocycles. The first-order chi connectivity index (χ1) is 9.29. The lowest BCUT2D eigenvalue weighted by Gasteiger charge is -2.04. The number of fused-ring (bicyclic) bond motifs is 1. The highest BCUT2D eigenvalue weighted by Gasteiger charge is 2.03. The first kappa shape index (κ1) is 14.7. The standard InChI is InChI=1S/C13H17BrN2O2S/c1-17-7-8-18-6-2-5-15-13-16-11-4-3-10(14)9-12(11)19-13/h3-4,9H,2,5-8H2,1H3,(H,15,16). The monoisotopic (exact) mass is 344 g/mol. The van der Waals surface area contributed by atoms with Crippen molar-refractivity contribution in [2.45, 2.75) is 6.42 Å². The number of methoxy groups -OCH3 is 1. The molecule has 4 nitrogen and oxygen atoms in total. The molecule has 0 amide bonds. The fourth-order valence-electron chi connectivity index (χ4n) is 1.59. The Hall–Kier alpha value is -0.690. The van der Waals surface area contributed by atoms with E-state index in [1.807, 2.05) is 12.1 Å². The molecular weight excluding hydrogens is 328 g/mol. The molecule has 0 atom stereocenters. The summed E-state index contributed by atoms with van der Waals surface area (Å²) in [4.78, 5) is 4.53. The quantitative estimate of drug-likeness (QED) is 0.744. The van der Waals surface area contributed by atoms with Gasteiger partial charge in [-0.15, -0.1) is 0 Å². The van der Waals surface area contributed by atoms with Crippen molar-refractivity contribution < 1.29 is 9.47 Å². The third-order valence-electron chi connectivity index (χ3n) is 2.52. The summed E-state index contributed by atoms with van der Waals surface area (Å²) in [6.07, 6.45) is 0.962. The number of nitrogens with zero attached hydrogens (tertiary/aromatic N) is 1. The highest BCUT2D eigenvalue weighted by Crippen LogP contribution is 2.28. The van der Waals surface area contributed by atoms with E-state index < -0.39 is 0 Å². The molecule has 1 N–H and O–H groups in total. The normalized spacial score (nSPS) is 11.1. The second-order valence-corrected chi connectivity index (χ2v) is 5.96. The predicted octanol–water partition coefficient (Wildman–Crippen LogP) is 3.52. The summed E-state index contributed by atoms with van der Waals surface area (Å²) in [7, 11) is 1.68. The number of nitrogens with one attached hydrogen (secondary N) is 1. The minimum Gasteiger partial charge on any atom is -0.382 e. The van der Waals surface area contributed by atoms with E-state index >= 15 is 0 Å². The SMILES string of the molecule is COCCOCCCNc1nc2ccc(Br)cc2s1. The van der Waals surface area contributed by atoms with Gasteiger partial charge in [-0.1, -0.05) is 27.3 Å². The van der Waals surface area contributed by atoms with Crippen LogP contribution in [0.3, 0.4) is 0 Å². The molecule has 0 aliphatic carbocycles. The van der Waals surface area contributed by atoms with Crippen LogP contribution in [0, 0.1) is 0 Å². The molecule has 2 aromatic rings. The molecule has 1 aromatic heterocycles. The van der Waals surface area contributed by atoms with Crippen LogP contribution in [0.5, 0.6) is 0 Å². The van der Waals surface area contributed by atoms with Crippen LogP contribution >= 0.6 is 27.3 Å². The zero-order valence-electron chi connectivity index (χ0n) is 10.8. The van der Waals surface area contributed by atoms with Crippen molar-refractivity contribution in [3.05, 3.63) is 22.7 Å². The molecule has 0 spiro atoms. The lowest BCUT2D eigenvalue weighted by atomic mass is 10.3. The van der Waals surface area contributed by atoms with Crippen molar-refractivity contribution in [1.29, 1.82) is 0 Å². The van der Waals surface area contributed by atoms with E-state index in [4.69, 9.17) is 9.47 Å². The number of benzene rings is 1. The summed E-state index contributed by atoms with van der Waals surface area (Å²) in [6, 6.07) is 6.12. The van der Waals surface area contributed by atoms with E-state index in [-0.39, 0.29) is 0 Å². The van der Waals surface area contributed by atoms with Crippen LogP contribution in [0.4, 0.5) is 5.13 Å². The second kappa shape index (κ2) is 7.79. The number of hydrogen-bond acceptors (Lipinski definition) is 5. The van der Waals surface area contributed by atoms with E-state index in [1.165, 1.54) is 4.70 Å². The summed E-state index contributed by atoms with van der Waals surface area (Å²) in [5, 5.41) is 4.29. The Balaban J connectivity index is 1.72. The van der Waals surface area contributed by atoms with Crippen LogP contribution in [0.2, 0.25) is 0 Å². The van der Waals surface area contributed by atoms with Gasteiger partial charge < -0.3 is 14.8 Å². The van der Waals surface area contributed by atoms with Gasteiger partial charge in [0, 0.05) is 24.7 Å². The number of thiazole rings is 1. The van der Waals surface area contributed by atoms with Gasteiger partial charge in [-0.3, -0.25) is 0 Å². The van der Waals surface area contributed by atoms with Crippen LogP contribution in [-0.2, 0) is 9.47 Å². The molecule has 0 aliphatic heterocycles. The molecule has 2 rings (SSSR count). The molecule has 0 unspecified atom stereocenters. The maximum atomic E-state index is 5.40. The first-order valence-electron chi connectivity index (χ1n) is 6.16. The molecule has 19 heavy (non-hydrogen) atoms. The maximum absolute atomic E-state index is 5.40. The molecule has 6 heteroatoms. The maximum Gasteiger partial charge on any atom is 0.183 e. The molecule has 104 valence electrons. The number of anilines is 1. The summed E-state index contributed by atoms with van der Waals surface area (Å²) < 4.78 is 12.6. The van der Waals surface area contributed by atoms with E-state index in [2.05, 4.69) is 32.3 Å². The number of ether oxygens (including phenoxy) is 2. The lowest BCUT2D eigenvalue weighted by molar-refractivity contribution is 0.0705. The molecule has 0 saturated heterocycles. The van der Waals surface area contributed by atoms with Gasteiger partial charge in [0.2, 0.25) is 0 Å². The fourth-order valence-corrected chi connectivity index (χ4v) is 3.03. The van der Waals surface area contributed by atoms with Gasteiger partial charge in [0.15, 0.2) is 5.13 Å². The average Bonchev–Trinajstić information content (AvgIpc) is 2.79. The van der Waals surface area contributed by atoms with E-state index in [1.54, 1.807) is 18.4 Å². The molecule has 0 radical (unpaired) electrons.